The van der Waals surface area contributed by atoms with Gasteiger partial charge in [0.05, 0.1) is 17.9 Å². The number of aliphatic hydroxyl groups excluding tert-OH is 1. The van der Waals surface area contributed by atoms with Gasteiger partial charge in [0.2, 0.25) is 0 Å². The zero-order valence-corrected chi connectivity index (χ0v) is 10.7. The second-order valence-electron chi connectivity index (χ2n) is 3.85. The Morgan fingerprint density at radius 3 is 2.62 bits per heavy atom. The molecule has 1 amide bonds. The molecule has 0 bridgehead atoms. The molecule has 1 aromatic carbocycles. The Morgan fingerprint density at radius 2 is 2.05 bits per heavy atom. The lowest BCUT2D eigenvalue weighted by atomic mass is 10.1. The van der Waals surface area contributed by atoms with Crippen molar-refractivity contribution in [3.05, 3.63) is 41.6 Å². The number of hydrogen-bond acceptors (Lipinski definition) is 4. The minimum Gasteiger partial charge on any atom is -0.395 e. The van der Waals surface area contributed by atoms with Crippen molar-refractivity contribution in [1.29, 1.82) is 5.26 Å². The minimum absolute atomic E-state index is 0.109. The van der Waals surface area contributed by atoms with E-state index in [-0.39, 0.29) is 13.2 Å². The Morgan fingerprint density at radius 1 is 1.38 bits per heavy atom. The Bertz CT molecular complexity index is 577. The summed E-state index contributed by atoms with van der Waals surface area (Å²) in [5.41, 5.74) is -1.84. The lowest BCUT2D eigenvalue weighted by Gasteiger charge is -2.13. The number of carbonyl (C=O) groups excluding carboxylic acids is 1. The number of alkyl halides is 3. The second kappa shape index (κ2) is 7.31. The summed E-state index contributed by atoms with van der Waals surface area (Å²) in [5.74, 6) is -0.973. The van der Waals surface area contributed by atoms with E-state index in [1.54, 1.807) is 6.07 Å². The first kappa shape index (κ1) is 16.5. The number of halogens is 3. The van der Waals surface area contributed by atoms with Gasteiger partial charge in [0, 0.05) is 12.7 Å². The van der Waals surface area contributed by atoms with Crippen LogP contribution in [0.4, 0.5) is 18.9 Å². The highest BCUT2D eigenvalue weighted by Crippen LogP contribution is 2.34. The fourth-order valence-electron chi connectivity index (χ4n) is 1.42. The molecule has 0 saturated carbocycles. The van der Waals surface area contributed by atoms with Crippen molar-refractivity contribution >= 4 is 11.6 Å². The number of hydrogen-bond donors (Lipinski definition) is 3. The highest BCUT2D eigenvalue weighted by atomic mass is 19.4. The van der Waals surface area contributed by atoms with Gasteiger partial charge in [0.1, 0.15) is 11.6 Å². The monoisotopic (exact) mass is 299 g/mol. The van der Waals surface area contributed by atoms with Gasteiger partial charge in [-0.15, -0.1) is 0 Å². The second-order valence-corrected chi connectivity index (χ2v) is 3.85. The van der Waals surface area contributed by atoms with Crippen LogP contribution < -0.4 is 10.6 Å². The van der Waals surface area contributed by atoms with Gasteiger partial charge in [-0.3, -0.25) is 4.79 Å². The fourth-order valence-corrected chi connectivity index (χ4v) is 1.42. The molecule has 0 aromatic heterocycles. The van der Waals surface area contributed by atoms with Crippen molar-refractivity contribution in [2.24, 2.45) is 0 Å². The summed E-state index contributed by atoms with van der Waals surface area (Å²) in [4.78, 5) is 11.7. The van der Waals surface area contributed by atoms with Crippen LogP contribution in [-0.4, -0.2) is 24.2 Å². The lowest BCUT2D eigenvalue weighted by molar-refractivity contribution is -0.137. The van der Waals surface area contributed by atoms with Crippen LogP contribution in [0.1, 0.15) is 5.56 Å². The molecule has 3 N–H and O–H groups in total. The van der Waals surface area contributed by atoms with Gasteiger partial charge in [-0.25, -0.2) is 0 Å². The first-order chi connectivity index (χ1) is 9.90. The molecule has 0 aliphatic carbocycles. The van der Waals surface area contributed by atoms with Gasteiger partial charge in [-0.05, 0) is 12.1 Å². The Kier molecular flexibility index (Phi) is 5.75. The van der Waals surface area contributed by atoms with Crippen LogP contribution in [0.2, 0.25) is 0 Å². The van der Waals surface area contributed by atoms with Crippen molar-refractivity contribution in [2.45, 2.75) is 6.18 Å². The van der Waals surface area contributed by atoms with E-state index in [0.717, 1.165) is 18.3 Å². The summed E-state index contributed by atoms with van der Waals surface area (Å²) < 4.78 is 38.3. The zero-order valence-electron chi connectivity index (χ0n) is 10.7. The van der Waals surface area contributed by atoms with E-state index in [0.29, 0.717) is 0 Å². The van der Waals surface area contributed by atoms with Crippen molar-refractivity contribution < 1.29 is 23.1 Å². The number of aliphatic hydroxyl groups is 1. The smallest absolute Gasteiger partial charge is 0.395 e. The van der Waals surface area contributed by atoms with E-state index in [2.05, 4.69) is 5.32 Å². The number of para-hydroxylation sites is 1. The molecule has 0 radical (unpaired) electrons. The van der Waals surface area contributed by atoms with E-state index in [1.165, 1.54) is 12.1 Å². The molecular weight excluding hydrogens is 287 g/mol. The fraction of sp³-hybridized carbons (Fsp3) is 0.231. The van der Waals surface area contributed by atoms with E-state index >= 15 is 0 Å². The highest BCUT2D eigenvalue weighted by Gasteiger charge is 2.33. The third kappa shape index (κ3) is 4.81. The number of nitrogens with zero attached hydrogens (tertiary/aromatic N) is 1. The number of benzene rings is 1. The number of rotatable bonds is 5. The molecule has 0 aliphatic rings. The zero-order chi connectivity index (χ0) is 15.9. The van der Waals surface area contributed by atoms with Crippen LogP contribution in [0.3, 0.4) is 0 Å². The third-order valence-corrected chi connectivity index (χ3v) is 2.35. The molecule has 0 atom stereocenters. The molecule has 112 valence electrons. The Labute approximate surface area is 118 Å². The van der Waals surface area contributed by atoms with Crippen LogP contribution >= 0.6 is 0 Å². The van der Waals surface area contributed by atoms with Crippen LogP contribution in [0.15, 0.2) is 36.0 Å². The first-order valence-corrected chi connectivity index (χ1v) is 5.82. The summed E-state index contributed by atoms with van der Waals surface area (Å²) in [7, 11) is 0. The highest BCUT2D eigenvalue weighted by molar-refractivity contribution is 6.06. The van der Waals surface area contributed by atoms with Crippen molar-refractivity contribution in [1.82, 2.24) is 5.32 Å². The summed E-state index contributed by atoms with van der Waals surface area (Å²) in [5, 5.41) is 21.9. The molecule has 8 heteroatoms. The average Bonchev–Trinajstić information content (AvgIpc) is 2.43. The average molecular weight is 299 g/mol. The van der Waals surface area contributed by atoms with Crippen LogP contribution in [0, 0.1) is 11.3 Å². The molecule has 0 fully saturated rings. The van der Waals surface area contributed by atoms with Crippen LogP contribution in [0.25, 0.3) is 0 Å². The molecule has 0 spiro atoms. The predicted octanol–water partition coefficient (Wildman–Crippen LogP) is 1.63. The molecular formula is C13H12F3N3O2. The standard InChI is InChI=1S/C13H12F3N3O2/c14-13(15,16)10-3-1-2-4-11(10)19-12(21)9(7-17)8-18-5-6-20/h1-4,8,18,20H,5-6H2,(H,19,21)/b9-8-. The molecule has 0 saturated heterocycles. The Hall–Kier alpha value is -2.53. The third-order valence-electron chi connectivity index (χ3n) is 2.35. The topological polar surface area (TPSA) is 85.2 Å². The molecule has 0 heterocycles. The van der Waals surface area contributed by atoms with E-state index in [1.807, 2.05) is 5.32 Å². The number of nitriles is 1. The maximum absolute atomic E-state index is 12.8. The first-order valence-electron chi connectivity index (χ1n) is 5.82. The van der Waals surface area contributed by atoms with Gasteiger partial charge in [0.25, 0.3) is 5.91 Å². The van der Waals surface area contributed by atoms with E-state index < -0.39 is 28.9 Å². The maximum atomic E-state index is 12.8. The summed E-state index contributed by atoms with van der Waals surface area (Å²) in [6.45, 7) is -0.106. The van der Waals surface area contributed by atoms with Crippen molar-refractivity contribution in [3.63, 3.8) is 0 Å². The summed E-state index contributed by atoms with van der Waals surface area (Å²) in [6, 6.07) is 6.02. The molecule has 21 heavy (non-hydrogen) atoms. The molecule has 1 rings (SSSR count). The number of carbonyl (C=O) groups is 1. The van der Waals surface area contributed by atoms with Crippen molar-refractivity contribution in [3.8, 4) is 6.07 Å². The van der Waals surface area contributed by atoms with E-state index in [4.69, 9.17) is 10.4 Å². The number of nitrogens with one attached hydrogen (secondary N) is 2. The predicted molar refractivity (Wildman–Crippen MR) is 68.9 cm³/mol. The normalized spacial score (nSPS) is 11.7. The molecule has 0 unspecified atom stereocenters. The van der Waals surface area contributed by atoms with Crippen molar-refractivity contribution in [2.75, 3.05) is 18.5 Å². The largest absolute Gasteiger partial charge is 0.418 e. The number of anilines is 1. The SMILES string of the molecule is N#C/C(=C/NCCO)C(=O)Nc1ccccc1C(F)(F)F. The lowest BCUT2D eigenvalue weighted by Crippen LogP contribution is -2.20. The summed E-state index contributed by atoms with van der Waals surface area (Å²) >= 11 is 0. The molecule has 5 nitrogen and oxygen atoms in total. The quantitative estimate of drug-likeness (QED) is 0.438. The van der Waals surface area contributed by atoms with Crippen LogP contribution in [-0.2, 0) is 11.0 Å². The van der Waals surface area contributed by atoms with Gasteiger partial charge < -0.3 is 15.7 Å². The maximum Gasteiger partial charge on any atom is 0.418 e. The van der Waals surface area contributed by atoms with Gasteiger partial charge in [0.15, 0.2) is 0 Å². The summed E-state index contributed by atoms with van der Waals surface area (Å²) in [6.07, 6.45) is -3.59. The number of amides is 1. The Balaban J connectivity index is 2.93. The van der Waals surface area contributed by atoms with Crippen LogP contribution in [0.5, 0.6) is 0 Å². The molecule has 0 aliphatic heterocycles. The van der Waals surface area contributed by atoms with E-state index in [9.17, 15) is 18.0 Å². The van der Waals surface area contributed by atoms with Gasteiger partial charge >= 0.3 is 6.18 Å². The minimum atomic E-state index is -4.62. The van der Waals surface area contributed by atoms with Gasteiger partial charge in [-0.2, -0.15) is 18.4 Å². The molecule has 1 aromatic rings. The van der Waals surface area contributed by atoms with Gasteiger partial charge in [-0.1, -0.05) is 12.1 Å².